The SMILES string of the molecule is CCC1(c2ccc(Cl)cc2)NC(=O)N(CC(=O)Nc2cc(Cl)c(OC)cc2OC)C1=O. The van der Waals surface area contributed by atoms with E-state index in [4.69, 9.17) is 32.7 Å². The van der Waals surface area contributed by atoms with Crippen LogP contribution in [0.2, 0.25) is 10.0 Å². The molecule has 1 unspecified atom stereocenters. The summed E-state index contributed by atoms with van der Waals surface area (Å²) in [6, 6.07) is 8.97. The Hall–Kier alpha value is -2.97. The minimum absolute atomic E-state index is 0.265. The van der Waals surface area contributed by atoms with E-state index in [1.54, 1.807) is 31.2 Å². The number of nitrogens with zero attached hydrogens (tertiary/aromatic N) is 1. The van der Waals surface area contributed by atoms with Crippen LogP contribution in [0.5, 0.6) is 11.5 Å². The number of hydrogen-bond donors (Lipinski definition) is 2. The second kappa shape index (κ2) is 9.03. The van der Waals surface area contributed by atoms with Gasteiger partial charge in [0.15, 0.2) is 0 Å². The lowest BCUT2D eigenvalue weighted by Crippen LogP contribution is -2.44. The van der Waals surface area contributed by atoms with Crippen molar-refractivity contribution in [3.63, 3.8) is 0 Å². The number of halogens is 2. The van der Waals surface area contributed by atoms with Crippen molar-refractivity contribution >= 4 is 46.7 Å². The Bertz CT molecular complexity index is 1030. The molecular formula is C21H21Cl2N3O5. The molecule has 1 fully saturated rings. The molecular weight excluding hydrogens is 445 g/mol. The van der Waals surface area contributed by atoms with Crippen LogP contribution < -0.4 is 20.1 Å². The maximum atomic E-state index is 13.2. The fourth-order valence-electron chi connectivity index (χ4n) is 3.43. The molecule has 0 radical (unpaired) electrons. The van der Waals surface area contributed by atoms with E-state index in [0.717, 1.165) is 4.90 Å². The van der Waals surface area contributed by atoms with Crippen LogP contribution in [0.4, 0.5) is 10.5 Å². The van der Waals surface area contributed by atoms with Crippen LogP contribution in [-0.4, -0.2) is 43.5 Å². The molecule has 1 aliphatic heterocycles. The van der Waals surface area contributed by atoms with Gasteiger partial charge in [-0.25, -0.2) is 4.79 Å². The number of nitrogens with one attached hydrogen (secondary N) is 2. The minimum Gasteiger partial charge on any atom is -0.495 e. The number of anilines is 1. The molecule has 31 heavy (non-hydrogen) atoms. The maximum absolute atomic E-state index is 13.2. The number of urea groups is 1. The number of carbonyl (C=O) groups is 3. The number of methoxy groups -OCH3 is 2. The Balaban J connectivity index is 1.81. The van der Waals surface area contributed by atoms with Crippen molar-refractivity contribution in [3.8, 4) is 11.5 Å². The van der Waals surface area contributed by atoms with Crippen LogP contribution in [0.3, 0.4) is 0 Å². The van der Waals surface area contributed by atoms with Crippen molar-refractivity contribution in [2.75, 3.05) is 26.1 Å². The van der Waals surface area contributed by atoms with Gasteiger partial charge in [-0.05, 0) is 30.2 Å². The number of ether oxygens (including phenoxy) is 2. The summed E-state index contributed by atoms with van der Waals surface area (Å²) in [5, 5.41) is 6.11. The molecule has 0 saturated carbocycles. The van der Waals surface area contributed by atoms with Crippen molar-refractivity contribution < 1.29 is 23.9 Å². The summed E-state index contributed by atoms with van der Waals surface area (Å²) in [5.41, 5.74) is -0.391. The topological polar surface area (TPSA) is 97.0 Å². The molecule has 2 N–H and O–H groups in total. The highest BCUT2D eigenvalue weighted by Crippen LogP contribution is 2.36. The Kier molecular flexibility index (Phi) is 6.62. The van der Waals surface area contributed by atoms with E-state index < -0.39 is 29.9 Å². The zero-order chi connectivity index (χ0) is 22.8. The van der Waals surface area contributed by atoms with Gasteiger partial charge in [0.1, 0.15) is 23.6 Å². The second-order valence-electron chi connectivity index (χ2n) is 6.82. The fourth-order valence-corrected chi connectivity index (χ4v) is 3.80. The molecule has 2 aromatic rings. The van der Waals surface area contributed by atoms with E-state index >= 15 is 0 Å². The average molecular weight is 466 g/mol. The van der Waals surface area contributed by atoms with Crippen LogP contribution in [0, 0.1) is 0 Å². The zero-order valence-electron chi connectivity index (χ0n) is 17.1. The normalized spacial score (nSPS) is 18.0. The molecule has 0 bridgehead atoms. The van der Waals surface area contributed by atoms with Gasteiger partial charge in [0, 0.05) is 11.1 Å². The molecule has 8 nitrogen and oxygen atoms in total. The number of hydrogen-bond acceptors (Lipinski definition) is 5. The predicted octanol–water partition coefficient (Wildman–Crippen LogP) is 3.81. The van der Waals surface area contributed by atoms with E-state index in [1.807, 2.05) is 0 Å². The lowest BCUT2D eigenvalue weighted by molar-refractivity contribution is -0.134. The Morgan fingerprint density at radius 1 is 1.10 bits per heavy atom. The molecule has 0 aromatic heterocycles. The number of benzene rings is 2. The van der Waals surface area contributed by atoms with Crippen LogP contribution >= 0.6 is 23.2 Å². The summed E-state index contributed by atoms with van der Waals surface area (Å²) in [6.45, 7) is 1.30. The van der Waals surface area contributed by atoms with E-state index in [1.165, 1.54) is 26.4 Å². The Morgan fingerprint density at radius 2 is 1.74 bits per heavy atom. The van der Waals surface area contributed by atoms with Crippen molar-refractivity contribution in [1.29, 1.82) is 0 Å². The van der Waals surface area contributed by atoms with Gasteiger partial charge in [0.2, 0.25) is 5.91 Å². The number of rotatable bonds is 7. The quantitative estimate of drug-likeness (QED) is 0.605. The molecule has 3 rings (SSSR count). The standard InChI is InChI=1S/C21H21Cl2N3O5/c1-4-21(12-5-7-13(22)8-6-12)19(28)26(20(29)25-21)11-18(27)24-15-9-14(23)16(30-2)10-17(15)31-3/h5-10H,4,11H2,1-3H3,(H,24,27)(H,25,29). The van der Waals surface area contributed by atoms with Gasteiger partial charge in [-0.2, -0.15) is 0 Å². The molecule has 10 heteroatoms. The molecule has 1 heterocycles. The highest BCUT2D eigenvalue weighted by molar-refractivity contribution is 6.32. The van der Waals surface area contributed by atoms with Crippen LogP contribution in [0.15, 0.2) is 36.4 Å². The van der Waals surface area contributed by atoms with Crippen molar-refractivity contribution in [3.05, 3.63) is 52.0 Å². The molecule has 0 aliphatic carbocycles. The highest BCUT2D eigenvalue weighted by Gasteiger charge is 2.51. The number of carbonyl (C=O) groups excluding carboxylic acids is 3. The summed E-state index contributed by atoms with van der Waals surface area (Å²) in [7, 11) is 2.88. The minimum atomic E-state index is -1.26. The third-order valence-electron chi connectivity index (χ3n) is 5.09. The van der Waals surface area contributed by atoms with Gasteiger partial charge in [-0.3, -0.25) is 14.5 Å². The number of amides is 4. The predicted molar refractivity (Wildman–Crippen MR) is 117 cm³/mol. The van der Waals surface area contributed by atoms with Crippen LogP contribution in [-0.2, 0) is 15.1 Å². The van der Waals surface area contributed by atoms with Gasteiger partial charge in [0.25, 0.3) is 5.91 Å². The van der Waals surface area contributed by atoms with Crippen molar-refractivity contribution in [2.24, 2.45) is 0 Å². The smallest absolute Gasteiger partial charge is 0.325 e. The molecule has 164 valence electrons. The second-order valence-corrected chi connectivity index (χ2v) is 7.67. The summed E-state index contributed by atoms with van der Waals surface area (Å²) < 4.78 is 10.4. The van der Waals surface area contributed by atoms with Gasteiger partial charge >= 0.3 is 6.03 Å². The third kappa shape index (κ3) is 4.26. The molecule has 1 aliphatic rings. The Morgan fingerprint density at radius 3 is 2.32 bits per heavy atom. The van der Waals surface area contributed by atoms with E-state index in [9.17, 15) is 14.4 Å². The Labute approximate surface area is 189 Å². The molecule has 0 spiro atoms. The van der Waals surface area contributed by atoms with Crippen LogP contribution in [0.25, 0.3) is 0 Å². The first-order valence-corrected chi connectivity index (χ1v) is 10.1. The monoisotopic (exact) mass is 465 g/mol. The first-order valence-electron chi connectivity index (χ1n) is 9.37. The fraction of sp³-hybridized carbons (Fsp3) is 0.286. The summed E-state index contributed by atoms with van der Waals surface area (Å²) in [6.07, 6.45) is 0.305. The van der Waals surface area contributed by atoms with E-state index in [0.29, 0.717) is 28.5 Å². The first-order chi connectivity index (χ1) is 14.7. The summed E-state index contributed by atoms with van der Waals surface area (Å²) in [5.74, 6) is -0.416. The zero-order valence-corrected chi connectivity index (χ0v) is 18.6. The molecule has 4 amide bonds. The third-order valence-corrected chi connectivity index (χ3v) is 5.64. The van der Waals surface area contributed by atoms with Crippen molar-refractivity contribution in [1.82, 2.24) is 10.2 Å². The summed E-state index contributed by atoms with van der Waals surface area (Å²) in [4.78, 5) is 39.3. The lowest BCUT2D eigenvalue weighted by atomic mass is 9.87. The highest BCUT2D eigenvalue weighted by atomic mass is 35.5. The van der Waals surface area contributed by atoms with Crippen molar-refractivity contribution in [2.45, 2.75) is 18.9 Å². The maximum Gasteiger partial charge on any atom is 0.325 e. The van der Waals surface area contributed by atoms with Crippen LogP contribution in [0.1, 0.15) is 18.9 Å². The molecule has 1 saturated heterocycles. The van der Waals surface area contributed by atoms with Gasteiger partial charge < -0.3 is 20.1 Å². The largest absolute Gasteiger partial charge is 0.495 e. The first kappa shape index (κ1) is 22.7. The average Bonchev–Trinajstić information content (AvgIpc) is 2.99. The number of imide groups is 1. The summed E-state index contributed by atoms with van der Waals surface area (Å²) >= 11 is 12.1. The van der Waals surface area contributed by atoms with Gasteiger partial charge in [0.05, 0.1) is 24.9 Å². The van der Waals surface area contributed by atoms with Gasteiger partial charge in [-0.15, -0.1) is 0 Å². The van der Waals surface area contributed by atoms with E-state index in [2.05, 4.69) is 10.6 Å². The lowest BCUT2D eigenvalue weighted by Gasteiger charge is -2.25. The van der Waals surface area contributed by atoms with Gasteiger partial charge in [-0.1, -0.05) is 42.3 Å². The van der Waals surface area contributed by atoms with E-state index in [-0.39, 0.29) is 10.7 Å². The molecule has 2 aromatic carbocycles. The molecule has 1 atom stereocenters.